The summed E-state index contributed by atoms with van der Waals surface area (Å²) < 4.78 is 49.9. The number of benzene rings is 1. The zero-order valence-electron chi connectivity index (χ0n) is 18.3. The average molecular weight is 480 g/mol. The second-order valence-corrected chi connectivity index (χ2v) is 10.4. The van der Waals surface area contributed by atoms with Gasteiger partial charge >= 0.3 is 6.09 Å². The van der Waals surface area contributed by atoms with Gasteiger partial charge in [0, 0.05) is 25.4 Å². The van der Waals surface area contributed by atoms with E-state index in [9.17, 15) is 31.9 Å². The number of hydrogen-bond donors (Lipinski definition) is 5. The van der Waals surface area contributed by atoms with Crippen molar-refractivity contribution in [3.8, 4) is 0 Å². The molecule has 0 aliphatic carbocycles. The number of rotatable bonds is 13. The third-order valence-corrected chi connectivity index (χ3v) is 5.48. The largest absolute Gasteiger partial charge is 0.465 e. The lowest BCUT2D eigenvalue weighted by atomic mass is 10.0. The molecule has 0 spiro atoms. The SMILES string of the molecule is CC(C)CNC(=O)[C@H](CCS(C)(=O)=O)NC[C@@H](O)[C@H](Cc1cc(F)cc(F)c1)NC(=O)O. The van der Waals surface area contributed by atoms with Crippen LogP contribution in [0.15, 0.2) is 18.2 Å². The number of halogens is 2. The lowest BCUT2D eigenvalue weighted by Gasteiger charge is -2.26. The smallest absolute Gasteiger partial charge is 0.404 e. The predicted octanol–water partition coefficient (Wildman–Crippen LogP) is 0.670. The number of aliphatic hydroxyl groups is 1. The molecule has 3 atom stereocenters. The molecule has 32 heavy (non-hydrogen) atoms. The molecule has 1 aromatic carbocycles. The summed E-state index contributed by atoms with van der Waals surface area (Å²) in [6.07, 6.45) is -2.06. The molecule has 0 saturated heterocycles. The van der Waals surface area contributed by atoms with Crippen molar-refractivity contribution in [1.29, 1.82) is 0 Å². The van der Waals surface area contributed by atoms with Crippen molar-refractivity contribution in [2.24, 2.45) is 5.92 Å². The van der Waals surface area contributed by atoms with Crippen LogP contribution in [-0.2, 0) is 21.1 Å². The number of amides is 2. The molecular weight excluding hydrogens is 448 g/mol. The standard InChI is InChI=1S/C20H31F2N3O6S/c1-12(2)10-24-19(27)16(4-5-32(3,30)31)23-11-18(26)17(25-20(28)29)8-13-6-14(21)9-15(22)7-13/h6-7,9,12,16-18,23,25-26H,4-5,8,10-11H2,1-3H3,(H,24,27)(H,28,29)/t16-,17-,18+/m0/s1. The van der Waals surface area contributed by atoms with E-state index in [-0.39, 0.29) is 36.6 Å². The van der Waals surface area contributed by atoms with Crippen LogP contribution in [0.2, 0.25) is 0 Å². The number of carboxylic acid groups (broad SMARTS) is 1. The molecule has 0 saturated carbocycles. The number of nitrogens with one attached hydrogen (secondary N) is 3. The predicted molar refractivity (Wildman–Crippen MR) is 115 cm³/mol. The zero-order chi connectivity index (χ0) is 24.5. The minimum Gasteiger partial charge on any atom is -0.465 e. The molecule has 1 aromatic rings. The normalized spacial score (nSPS) is 14.6. The summed E-state index contributed by atoms with van der Waals surface area (Å²) in [5, 5.41) is 27.1. The van der Waals surface area contributed by atoms with Gasteiger partial charge in [-0.2, -0.15) is 0 Å². The summed E-state index contributed by atoms with van der Waals surface area (Å²) in [4.78, 5) is 23.6. The van der Waals surface area contributed by atoms with Crippen molar-refractivity contribution in [1.82, 2.24) is 16.0 Å². The maximum absolute atomic E-state index is 13.5. The molecule has 0 bridgehead atoms. The first-order valence-corrected chi connectivity index (χ1v) is 12.1. The van der Waals surface area contributed by atoms with Crippen LogP contribution in [0.4, 0.5) is 13.6 Å². The Kier molecular flexibility index (Phi) is 11.0. The van der Waals surface area contributed by atoms with Crippen LogP contribution in [0.3, 0.4) is 0 Å². The Morgan fingerprint density at radius 2 is 1.69 bits per heavy atom. The van der Waals surface area contributed by atoms with Crippen LogP contribution >= 0.6 is 0 Å². The molecule has 0 unspecified atom stereocenters. The molecule has 182 valence electrons. The second kappa shape index (κ2) is 12.7. The van der Waals surface area contributed by atoms with E-state index in [1.165, 1.54) is 0 Å². The minimum atomic E-state index is -3.35. The molecule has 0 heterocycles. The highest BCUT2D eigenvalue weighted by molar-refractivity contribution is 7.90. The van der Waals surface area contributed by atoms with Crippen LogP contribution in [0.25, 0.3) is 0 Å². The molecule has 2 amide bonds. The van der Waals surface area contributed by atoms with Crippen molar-refractivity contribution in [2.75, 3.05) is 25.1 Å². The van der Waals surface area contributed by atoms with Gasteiger partial charge in [-0.1, -0.05) is 13.8 Å². The van der Waals surface area contributed by atoms with Gasteiger partial charge in [0.2, 0.25) is 5.91 Å². The average Bonchev–Trinajstić information content (AvgIpc) is 2.63. The first-order chi connectivity index (χ1) is 14.8. The maximum atomic E-state index is 13.5. The molecule has 0 fully saturated rings. The number of aliphatic hydroxyl groups excluding tert-OH is 1. The Labute approximate surface area is 186 Å². The van der Waals surface area contributed by atoms with Gasteiger partial charge in [-0.3, -0.25) is 4.79 Å². The Balaban J connectivity index is 2.89. The van der Waals surface area contributed by atoms with Crippen molar-refractivity contribution in [2.45, 2.75) is 44.9 Å². The highest BCUT2D eigenvalue weighted by Crippen LogP contribution is 2.12. The highest BCUT2D eigenvalue weighted by Gasteiger charge is 2.26. The van der Waals surface area contributed by atoms with Crippen LogP contribution in [0, 0.1) is 17.6 Å². The summed E-state index contributed by atoms with van der Waals surface area (Å²) in [6.45, 7) is 3.87. The van der Waals surface area contributed by atoms with Gasteiger partial charge in [0.1, 0.15) is 21.5 Å². The molecular formula is C20H31F2N3O6S. The zero-order valence-corrected chi connectivity index (χ0v) is 19.1. The van der Waals surface area contributed by atoms with Crippen molar-refractivity contribution >= 4 is 21.8 Å². The van der Waals surface area contributed by atoms with E-state index in [0.717, 1.165) is 18.4 Å². The van der Waals surface area contributed by atoms with E-state index in [1.807, 2.05) is 13.8 Å². The molecule has 12 heteroatoms. The van der Waals surface area contributed by atoms with E-state index in [4.69, 9.17) is 5.11 Å². The fourth-order valence-electron chi connectivity index (χ4n) is 2.92. The Hall–Kier alpha value is -2.31. The third kappa shape index (κ3) is 11.3. The topological polar surface area (TPSA) is 145 Å². The number of carbonyl (C=O) groups excluding carboxylic acids is 1. The summed E-state index contributed by atoms with van der Waals surface area (Å²) >= 11 is 0. The van der Waals surface area contributed by atoms with E-state index in [1.54, 1.807) is 0 Å². The molecule has 9 nitrogen and oxygen atoms in total. The van der Waals surface area contributed by atoms with Crippen molar-refractivity contribution in [3.63, 3.8) is 0 Å². The van der Waals surface area contributed by atoms with Crippen LogP contribution in [0.5, 0.6) is 0 Å². The van der Waals surface area contributed by atoms with Crippen LogP contribution in [0.1, 0.15) is 25.8 Å². The van der Waals surface area contributed by atoms with Crippen molar-refractivity contribution < 1.29 is 37.0 Å². The summed E-state index contributed by atoms with van der Waals surface area (Å²) in [7, 11) is -3.35. The lowest BCUT2D eigenvalue weighted by Crippen LogP contribution is -2.53. The lowest BCUT2D eigenvalue weighted by molar-refractivity contribution is -0.123. The van der Waals surface area contributed by atoms with Gasteiger partial charge < -0.3 is 26.2 Å². The van der Waals surface area contributed by atoms with Crippen molar-refractivity contribution in [3.05, 3.63) is 35.4 Å². The third-order valence-electron chi connectivity index (χ3n) is 4.50. The van der Waals surface area contributed by atoms with E-state index >= 15 is 0 Å². The van der Waals surface area contributed by atoms with Gasteiger partial charge in [0.05, 0.1) is 23.9 Å². The van der Waals surface area contributed by atoms with Gasteiger partial charge in [-0.25, -0.2) is 22.0 Å². The quantitative estimate of drug-likeness (QED) is 0.280. The maximum Gasteiger partial charge on any atom is 0.404 e. The molecule has 0 aliphatic rings. The number of sulfone groups is 1. The molecule has 0 aliphatic heterocycles. The van der Waals surface area contributed by atoms with E-state index in [2.05, 4.69) is 16.0 Å². The fourth-order valence-corrected chi connectivity index (χ4v) is 3.58. The van der Waals surface area contributed by atoms with E-state index in [0.29, 0.717) is 12.6 Å². The summed E-state index contributed by atoms with van der Waals surface area (Å²) in [5.74, 6) is -2.25. The molecule has 1 rings (SSSR count). The Morgan fingerprint density at radius 3 is 2.19 bits per heavy atom. The number of carbonyl (C=O) groups is 2. The molecule has 5 N–H and O–H groups in total. The Morgan fingerprint density at radius 1 is 1.09 bits per heavy atom. The van der Waals surface area contributed by atoms with Gasteiger partial charge in [0.15, 0.2) is 0 Å². The van der Waals surface area contributed by atoms with Gasteiger partial charge in [-0.05, 0) is 36.5 Å². The van der Waals surface area contributed by atoms with Gasteiger partial charge in [-0.15, -0.1) is 0 Å². The number of hydrogen-bond acceptors (Lipinski definition) is 6. The first-order valence-electron chi connectivity index (χ1n) is 10.1. The second-order valence-electron chi connectivity index (χ2n) is 8.12. The van der Waals surface area contributed by atoms with Gasteiger partial charge in [0.25, 0.3) is 0 Å². The molecule has 0 radical (unpaired) electrons. The van der Waals surface area contributed by atoms with E-state index < -0.39 is 51.7 Å². The minimum absolute atomic E-state index is 0.0540. The summed E-state index contributed by atoms with van der Waals surface area (Å²) in [6, 6.07) is 0.622. The highest BCUT2D eigenvalue weighted by atomic mass is 32.2. The van der Waals surface area contributed by atoms with Crippen LogP contribution in [-0.4, -0.2) is 73.9 Å². The Bertz CT molecular complexity index is 862. The summed E-state index contributed by atoms with van der Waals surface area (Å²) in [5.41, 5.74) is 0.128. The monoisotopic (exact) mass is 479 g/mol. The first kappa shape index (κ1) is 27.7. The van der Waals surface area contributed by atoms with Crippen LogP contribution < -0.4 is 16.0 Å². The fraction of sp³-hybridized carbons (Fsp3) is 0.600. The molecule has 0 aromatic heterocycles.